The lowest BCUT2D eigenvalue weighted by Gasteiger charge is -2.27. The van der Waals surface area contributed by atoms with Gasteiger partial charge in [0.25, 0.3) is 5.56 Å². The van der Waals surface area contributed by atoms with E-state index in [1.807, 2.05) is 13.0 Å². The van der Waals surface area contributed by atoms with Crippen LogP contribution in [0.1, 0.15) is 30.2 Å². The Morgan fingerprint density at radius 3 is 2.27 bits per heavy atom. The summed E-state index contributed by atoms with van der Waals surface area (Å²) in [4.78, 5) is 71.8. The second-order valence-corrected chi connectivity index (χ2v) is 12.2. The van der Waals surface area contributed by atoms with Crippen LogP contribution in [0.25, 0.3) is 28.4 Å². The first-order valence-corrected chi connectivity index (χ1v) is 14.9. The molecular formula is C33H27BrN2O9. The fourth-order valence-corrected chi connectivity index (χ4v) is 7.18. The summed E-state index contributed by atoms with van der Waals surface area (Å²) in [5, 5.41) is 32.5. The molecule has 2 aromatic rings. The van der Waals surface area contributed by atoms with E-state index < -0.39 is 76.6 Å². The molecule has 1 atom stereocenters. The number of H-pyrrole nitrogens is 1. The number of allylic oxidation sites excluding steroid dienone is 3. The second kappa shape index (κ2) is 10.7. The first-order chi connectivity index (χ1) is 21.4. The molecule has 11 nitrogen and oxygen atoms in total. The minimum absolute atomic E-state index is 0.0250. The van der Waals surface area contributed by atoms with Gasteiger partial charge >= 0.3 is 0 Å². The highest BCUT2D eigenvalue weighted by Gasteiger charge is 2.53. The molecule has 0 fully saturated rings. The number of pyridine rings is 1. The number of benzene rings is 1. The monoisotopic (exact) mass is 674 g/mol. The Hall–Kier alpha value is -4.81. The highest BCUT2D eigenvalue weighted by molar-refractivity contribution is 9.10. The standard InChI is InChI=1S/C33H27BrN2O9/c1-4-5-6-7-14-12-16-19(32(44)35-14)29(41)24-15(25(16)34)8-9-33(24)30(42)22-23(31(33)43)28(40)21-20(27(22)39)17(37)13-18(26(21)38)45-11-10-36(2)3/h4-7,12-13,41-43H,8-11H2,1-3H3,(H,35,44)/t33-/m0/s1. The smallest absolute Gasteiger partial charge is 0.260 e. The fourth-order valence-electron chi connectivity index (χ4n) is 6.47. The predicted octanol–water partition coefficient (Wildman–Crippen LogP) is 0.797. The quantitative estimate of drug-likeness (QED) is 0.214. The van der Waals surface area contributed by atoms with Crippen molar-refractivity contribution in [2.75, 3.05) is 27.2 Å². The summed E-state index contributed by atoms with van der Waals surface area (Å²) >= 11 is 3.54. The van der Waals surface area contributed by atoms with Gasteiger partial charge in [-0.15, -0.1) is 0 Å². The molecule has 1 aromatic heterocycles. The molecule has 0 bridgehead atoms. The Bertz CT molecular complexity index is 2510. The number of halogens is 1. The van der Waals surface area contributed by atoms with E-state index in [4.69, 9.17) is 4.74 Å². The van der Waals surface area contributed by atoms with Crippen molar-refractivity contribution in [3.05, 3.63) is 124 Å². The predicted molar refractivity (Wildman–Crippen MR) is 172 cm³/mol. The lowest BCUT2D eigenvalue weighted by atomic mass is 9.78. The summed E-state index contributed by atoms with van der Waals surface area (Å²) in [6, 6.07) is 2.50. The first kappa shape index (κ1) is 30.2. The van der Waals surface area contributed by atoms with Crippen LogP contribution >= 0.6 is 15.9 Å². The Morgan fingerprint density at radius 1 is 0.956 bits per heavy atom. The molecule has 0 aliphatic heterocycles. The zero-order chi connectivity index (χ0) is 32.5. The third kappa shape index (κ3) is 4.16. The van der Waals surface area contributed by atoms with Crippen LogP contribution < -0.4 is 42.4 Å². The van der Waals surface area contributed by atoms with Gasteiger partial charge in [0.15, 0.2) is 11.2 Å². The van der Waals surface area contributed by atoms with Crippen LogP contribution in [-0.2, 0) is 11.8 Å². The zero-order valence-electron chi connectivity index (χ0n) is 24.4. The van der Waals surface area contributed by atoms with E-state index in [1.165, 1.54) is 0 Å². The summed E-state index contributed by atoms with van der Waals surface area (Å²) in [7, 11) is 3.55. The number of nitrogens with one attached hydrogen (secondary N) is 1. The molecule has 4 N–H and O–H groups in total. The number of aliphatic hydroxyl groups excluding tert-OH is 2. The molecule has 230 valence electrons. The summed E-state index contributed by atoms with van der Waals surface area (Å²) < 4.78 is 5.88. The van der Waals surface area contributed by atoms with E-state index >= 15 is 0 Å². The van der Waals surface area contributed by atoms with Crippen molar-refractivity contribution in [1.82, 2.24) is 9.88 Å². The van der Waals surface area contributed by atoms with Gasteiger partial charge in [0.2, 0.25) is 16.3 Å². The van der Waals surface area contributed by atoms with E-state index in [0.29, 0.717) is 27.7 Å². The number of aliphatic hydroxyl groups is 2. The lowest BCUT2D eigenvalue weighted by molar-refractivity contribution is 0.259. The van der Waals surface area contributed by atoms with Gasteiger partial charge in [-0.2, -0.15) is 0 Å². The molecular weight excluding hydrogens is 648 g/mol. The molecule has 0 saturated carbocycles. The van der Waals surface area contributed by atoms with Crippen LogP contribution in [0.3, 0.4) is 0 Å². The third-order valence-corrected chi connectivity index (χ3v) is 9.44. The number of likely N-dealkylation sites (N-methyl/N-ethyl adjacent to an activating group) is 1. The largest absolute Gasteiger partial charge is 0.510 e. The van der Waals surface area contributed by atoms with Crippen molar-refractivity contribution >= 4 is 44.3 Å². The molecule has 4 aliphatic carbocycles. The number of rotatable bonds is 6. The summed E-state index contributed by atoms with van der Waals surface area (Å²) in [6.07, 6.45) is 7.06. The summed E-state index contributed by atoms with van der Waals surface area (Å²) in [6.45, 7) is 2.27. The number of aromatic amines is 1. The van der Waals surface area contributed by atoms with E-state index in [-0.39, 0.29) is 30.4 Å². The van der Waals surface area contributed by atoms with Gasteiger partial charge in [-0.05, 0) is 67.5 Å². The van der Waals surface area contributed by atoms with Gasteiger partial charge in [0.05, 0.1) is 26.3 Å². The lowest BCUT2D eigenvalue weighted by Crippen LogP contribution is -2.52. The number of aromatic nitrogens is 1. The van der Waals surface area contributed by atoms with Crippen LogP contribution in [0.4, 0.5) is 0 Å². The van der Waals surface area contributed by atoms with E-state index in [1.54, 1.807) is 43.3 Å². The number of nitrogens with zero attached hydrogens (tertiary/aromatic N) is 1. The Balaban J connectivity index is 1.68. The van der Waals surface area contributed by atoms with Gasteiger partial charge < -0.3 is 29.9 Å². The van der Waals surface area contributed by atoms with Crippen LogP contribution in [0, 0.1) is 10.4 Å². The molecule has 4 aliphatic rings. The van der Waals surface area contributed by atoms with E-state index in [2.05, 4.69) is 20.9 Å². The minimum atomic E-state index is -1.98. The van der Waals surface area contributed by atoms with Crippen molar-refractivity contribution in [1.29, 1.82) is 0 Å². The molecule has 0 saturated heterocycles. The van der Waals surface area contributed by atoms with Gasteiger partial charge in [-0.3, -0.25) is 24.0 Å². The number of aromatic hydroxyl groups is 1. The maximum absolute atomic E-state index is 13.9. The summed E-state index contributed by atoms with van der Waals surface area (Å²) in [5.74, 6) is -2.47. The third-order valence-electron chi connectivity index (χ3n) is 8.53. The number of hydrogen-bond acceptors (Lipinski definition) is 10. The molecule has 1 aromatic carbocycles. The average Bonchev–Trinajstić information content (AvgIpc) is 3.49. The minimum Gasteiger partial charge on any atom is -0.510 e. The molecule has 12 heteroatoms. The van der Waals surface area contributed by atoms with Gasteiger partial charge in [0.1, 0.15) is 29.3 Å². The fraction of sp³-hybridized carbons (Fsp3) is 0.242. The van der Waals surface area contributed by atoms with Crippen molar-refractivity contribution in [2.24, 2.45) is 0 Å². The molecule has 0 unspecified atom stereocenters. The molecule has 0 amide bonds. The molecule has 0 radical (unpaired) electrons. The number of phenolic OH excluding ortho intramolecular Hbond substituents is 1. The van der Waals surface area contributed by atoms with E-state index in [9.17, 15) is 39.3 Å². The highest BCUT2D eigenvalue weighted by atomic mass is 79.9. The van der Waals surface area contributed by atoms with Crippen molar-refractivity contribution in [2.45, 2.75) is 25.2 Å². The van der Waals surface area contributed by atoms with Crippen LogP contribution in [0.5, 0.6) is 11.5 Å². The average molecular weight is 675 g/mol. The van der Waals surface area contributed by atoms with Crippen molar-refractivity contribution in [3.63, 3.8) is 0 Å². The number of phenols is 1. The van der Waals surface area contributed by atoms with Crippen LogP contribution in [0.15, 0.2) is 58.8 Å². The second-order valence-electron chi connectivity index (χ2n) is 11.4. The van der Waals surface area contributed by atoms with Gasteiger partial charge in [-0.25, -0.2) is 0 Å². The maximum atomic E-state index is 13.9. The SMILES string of the molecule is CC=CC=Cc1cc2c(Br)c3c(c(O)c2c(=O)[nH]1)[C@@]1(CC3)C(O)=c2c(=O)c3c(=O)cc(OCCN(C)C)c(=O)c=3c(=O)c2=C1O. The van der Waals surface area contributed by atoms with Crippen molar-refractivity contribution in [3.8, 4) is 11.5 Å². The maximum Gasteiger partial charge on any atom is 0.260 e. The molecule has 1 heterocycles. The van der Waals surface area contributed by atoms with Crippen LogP contribution in [-0.4, -0.2) is 52.5 Å². The number of hydrogen-bond donors (Lipinski definition) is 4. The first-order valence-electron chi connectivity index (χ1n) is 14.1. The molecule has 1 spiro atoms. The van der Waals surface area contributed by atoms with Crippen molar-refractivity contribution < 1.29 is 20.1 Å². The Morgan fingerprint density at radius 2 is 1.62 bits per heavy atom. The Kier molecular flexibility index (Phi) is 7.17. The van der Waals surface area contributed by atoms with E-state index in [0.717, 1.165) is 6.07 Å². The van der Waals surface area contributed by atoms with Gasteiger partial charge in [0, 0.05) is 33.7 Å². The number of fused-ring (bicyclic) bond motifs is 4. The van der Waals surface area contributed by atoms with Gasteiger partial charge in [-0.1, -0.05) is 18.2 Å². The van der Waals surface area contributed by atoms with Crippen LogP contribution in [0.2, 0.25) is 0 Å². The zero-order valence-corrected chi connectivity index (χ0v) is 26.0. The molecule has 45 heavy (non-hydrogen) atoms. The molecule has 6 rings (SSSR count). The highest BCUT2D eigenvalue weighted by Crippen LogP contribution is 2.56. The topological polar surface area (TPSA) is 174 Å². The Labute approximate surface area is 261 Å². The number of ether oxygens (including phenoxy) is 1. The summed E-state index contributed by atoms with van der Waals surface area (Å²) in [5.41, 5.74) is -5.96. The normalized spacial score (nSPS) is 17.6.